The molecule has 1 fully saturated rings. The fraction of sp³-hybridized carbons (Fsp3) is 0.429. The molecule has 5 nitrogen and oxygen atoms in total. The Labute approximate surface area is 115 Å². The number of rotatable bonds is 2. The van der Waals surface area contributed by atoms with Crippen molar-refractivity contribution in [2.75, 3.05) is 23.3 Å². The standard InChI is InChI=1S/C14H15FN2O3/c1-7(18)8-2-3-17(6-8)12-5-11-9(4-10(12)15)13(19)14(20)16-11/h4-5,7-8,18H,2-3,6H2,1H3,(H,16,19,20). The molecule has 1 saturated heterocycles. The summed E-state index contributed by atoms with van der Waals surface area (Å²) in [5.41, 5.74) is 0.807. The van der Waals surface area contributed by atoms with E-state index in [1.165, 1.54) is 6.07 Å². The zero-order valence-electron chi connectivity index (χ0n) is 11.0. The van der Waals surface area contributed by atoms with Gasteiger partial charge in [0.25, 0.3) is 11.7 Å². The number of anilines is 2. The van der Waals surface area contributed by atoms with Crippen molar-refractivity contribution in [2.24, 2.45) is 5.92 Å². The molecular weight excluding hydrogens is 263 g/mol. The molecule has 0 bridgehead atoms. The van der Waals surface area contributed by atoms with Crippen LogP contribution in [-0.4, -0.2) is 36.0 Å². The van der Waals surface area contributed by atoms with E-state index in [1.54, 1.807) is 6.92 Å². The number of hydrogen-bond acceptors (Lipinski definition) is 4. The average Bonchev–Trinajstić information content (AvgIpc) is 2.97. The molecule has 2 atom stereocenters. The summed E-state index contributed by atoms with van der Waals surface area (Å²) in [5.74, 6) is -1.83. The Bertz CT molecular complexity index is 600. The molecule has 0 saturated carbocycles. The van der Waals surface area contributed by atoms with Gasteiger partial charge < -0.3 is 15.3 Å². The normalized spacial score (nSPS) is 22.9. The third-order valence-electron chi connectivity index (χ3n) is 4.03. The van der Waals surface area contributed by atoms with Crippen LogP contribution in [0.15, 0.2) is 12.1 Å². The lowest BCUT2D eigenvalue weighted by atomic mass is 10.0. The predicted molar refractivity (Wildman–Crippen MR) is 71.4 cm³/mol. The molecule has 0 aliphatic carbocycles. The van der Waals surface area contributed by atoms with Crippen molar-refractivity contribution in [3.63, 3.8) is 0 Å². The van der Waals surface area contributed by atoms with Gasteiger partial charge in [-0.1, -0.05) is 0 Å². The highest BCUT2D eigenvalue weighted by molar-refractivity contribution is 6.51. The summed E-state index contributed by atoms with van der Waals surface area (Å²) >= 11 is 0. The fourth-order valence-corrected chi connectivity index (χ4v) is 2.80. The van der Waals surface area contributed by atoms with Crippen LogP contribution < -0.4 is 10.2 Å². The highest BCUT2D eigenvalue weighted by Crippen LogP contribution is 2.34. The monoisotopic (exact) mass is 278 g/mol. The third kappa shape index (κ3) is 1.96. The summed E-state index contributed by atoms with van der Waals surface area (Å²) in [6, 6.07) is 2.61. The second-order valence-corrected chi connectivity index (χ2v) is 5.37. The number of fused-ring (bicyclic) bond motifs is 1. The highest BCUT2D eigenvalue weighted by Gasteiger charge is 2.32. The van der Waals surface area contributed by atoms with Gasteiger partial charge in [0, 0.05) is 19.0 Å². The van der Waals surface area contributed by atoms with Crippen LogP contribution in [0.4, 0.5) is 15.8 Å². The van der Waals surface area contributed by atoms with E-state index in [-0.39, 0.29) is 11.5 Å². The number of nitrogens with one attached hydrogen (secondary N) is 1. The van der Waals surface area contributed by atoms with Crippen LogP contribution in [0.25, 0.3) is 0 Å². The Balaban J connectivity index is 1.91. The van der Waals surface area contributed by atoms with Crippen LogP contribution >= 0.6 is 0 Å². The molecule has 0 radical (unpaired) electrons. The first kappa shape index (κ1) is 13.1. The lowest BCUT2D eigenvalue weighted by Gasteiger charge is -2.21. The molecule has 1 amide bonds. The van der Waals surface area contributed by atoms with Gasteiger partial charge in [0.05, 0.1) is 23.0 Å². The minimum atomic E-state index is -0.722. The van der Waals surface area contributed by atoms with Crippen LogP contribution in [-0.2, 0) is 4.79 Å². The van der Waals surface area contributed by atoms with Crippen LogP contribution in [0.5, 0.6) is 0 Å². The number of aliphatic hydroxyl groups is 1. The number of Topliss-reactive ketones (excluding diaryl/α,β-unsaturated/α-hetero) is 1. The number of amides is 1. The first-order valence-electron chi connectivity index (χ1n) is 6.59. The minimum absolute atomic E-state index is 0.0857. The number of carbonyl (C=O) groups excluding carboxylic acids is 2. The molecule has 0 spiro atoms. The van der Waals surface area contributed by atoms with Gasteiger partial charge in [-0.3, -0.25) is 9.59 Å². The van der Waals surface area contributed by atoms with Gasteiger partial charge >= 0.3 is 0 Å². The molecule has 2 N–H and O–H groups in total. The van der Waals surface area contributed by atoms with Crippen molar-refractivity contribution < 1.29 is 19.1 Å². The second kappa shape index (κ2) is 4.56. The van der Waals surface area contributed by atoms with Crippen molar-refractivity contribution >= 4 is 23.1 Å². The van der Waals surface area contributed by atoms with Gasteiger partial charge in [-0.2, -0.15) is 0 Å². The SMILES string of the molecule is CC(O)C1CCN(c2cc3c(cc2F)C(=O)C(=O)N3)C1. The largest absolute Gasteiger partial charge is 0.393 e. The number of carbonyl (C=O) groups is 2. The van der Waals surface area contributed by atoms with Gasteiger partial charge in [0.2, 0.25) is 0 Å². The van der Waals surface area contributed by atoms with E-state index in [9.17, 15) is 19.1 Å². The van der Waals surface area contributed by atoms with Crippen LogP contribution in [0.3, 0.4) is 0 Å². The van der Waals surface area contributed by atoms with Gasteiger partial charge in [0.1, 0.15) is 5.82 Å². The maximum Gasteiger partial charge on any atom is 0.296 e. The zero-order chi connectivity index (χ0) is 14.4. The first-order chi connectivity index (χ1) is 9.47. The summed E-state index contributed by atoms with van der Waals surface area (Å²) in [4.78, 5) is 24.6. The van der Waals surface area contributed by atoms with Crippen molar-refractivity contribution in [1.82, 2.24) is 0 Å². The van der Waals surface area contributed by atoms with Gasteiger partial charge in [-0.15, -0.1) is 0 Å². The number of benzene rings is 1. The van der Waals surface area contributed by atoms with Gasteiger partial charge in [-0.05, 0) is 25.5 Å². The van der Waals surface area contributed by atoms with Crippen LogP contribution in [0, 0.1) is 11.7 Å². The van der Waals surface area contributed by atoms with Gasteiger partial charge in [-0.25, -0.2) is 4.39 Å². The van der Waals surface area contributed by atoms with E-state index in [2.05, 4.69) is 5.32 Å². The quantitative estimate of drug-likeness (QED) is 0.797. The predicted octanol–water partition coefficient (Wildman–Crippen LogP) is 1.17. The number of ketones is 1. The average molecular weight is 278 g/mol. The second-order valence-electron chi connectivity index (χ2n) is 5.37. The maximum atomic E-state index is 14.1. The van der Waals surface area contributed by atoms with Crippen molar-refractivity contribution in [2.45, 2.75) is 19.4 Å². The summed E-state index contributed by atoms with van der Waals surface area (Å²) in [6.07, 6.45) is 0.359. The number of hydrogen-bond donors (Lipinski definition) is 2. The third-order valence-corrected chi connectivity index (χ3v) is 4.03. The van der Waals surface area contributed by atoms with E-state index < -0.39 is 23.6 Å². The molecule has 2 unspecified atom stereocenters. The molecule has 20 heavy (non-hydrogen) atoms. The van der Waals surface area contributed by atoms with Crippen molar-refractivity contribution in [1.29, 1.82) is 0 Å². The fourth-order valence-electron chi connectivity index (χ4n) is 2.80. The Morgan fingerprint density at radius 3 is 2.85 bits per heavy atom. The van der Waals surface area contributed by atoms with E-state index >= 15 is 0 Å². The minimum Gasteiger partial charge on any atom is -0.393 e. The smallest absolute Gasteiger partial charge is 0.296 e. The maximum absolute atomic E-state index is 14.1. The van der Waals surface area contributed by atoms with Crippen LogP contribution in [0.1, 0.15) is 23.7 Å². The molecule has 2 aliphatic heterocycles. The van der Waals surface area contributed by atoms with Crippen LogP contribution in [0.2, 0.25) is 0 Å². The highest BCUT2D eigenvalue weighted by atomic mass is 19.1. The number of halogens is 1. The summed E-state index contributed by atoms with van der Waals surface area (Å²) in [5, 5.41) is 12.0. The van der Waals surface area contributed by atoms with E-state index in [0.29, 0.717) is 24.5 Å². The van der Waals surface area contributed by atoms with Crippen molar-refractivity contribution in [3.05, 3.63) is 23.5 Å². The number of nitrogens with zero attached hydrogens (tertiary/aromatic N) is 1. The summed E-state index contributed by atoms with van der Waals surface area (Å²) in [6.45, 7) is 2.94. The lowest BCUT2D eigenvalue weighted by Crippen LogP contribution is -2.24. The molecule has 6 heteroatoms. The molecule has 1 aromatic rings. The Kier molecular flexibility index (Phi) is 2.97. The van der Waals surface area contributed by atoms with E-state index in [0.717, 1.165) is 12.5 Å². The Hall–Kier alpha value is -1.95. The van der Waals surface area contributed by atoms with E-state index in [1.807, 2.05) is 4.90 Å². The first-order valence-corrected chi connectivity index (χ1v) is 6.59. The molecule has 2 aliphatic rings. The number of aliphatic hydroxyl groups excluding tert-OH is 1. The summed E-state index contributed by atoms with van der Waals surface area (Å²) < 4.78 is 14.1. The molecule has 106 valence electrons. The lowest BCUT2D eigenvalue weighted by molar-refractivity contribution is -0.112. The van der Waals surface area contributed by atoms with Gasteiger partial charge in [0.15, 0.2) is 0 Å². The zero-order valence-corrected chi connectivity index (χ0v) is 11.0. The van der Waals surface area contributed by atoms with E-state index in [4.69, 9.17) is 0 Å². The Morgan fingerprint density at radius 2 is 2.20 bits per heavy atom. The topological polar surface area (TPSA) is 69.6 Å². The Morgan fingerprint density at radius 1 is 1.45 bits per heavy atom. The molecule has 3 rings (SSSR count). The van der Waals surface area contributed by atoms with Crippen molar-refractivity contribution in [3.8, 4) is 0 Å². The summed E-state index contributed by atoms with van der Waals surface area (Å²) in [7, 11) is 0. The molecule has 2 heterocycles. The molecule has 1 aromatic carbocycles. The molecular formula is C14H15FN2O3. The molecule has 0 aromatic heterocycles.